The zero-order valence-corrected chi connectivity index (χ0v) is 14.9. The first-order valence-electron chi connectivity index (χ1n) is 8.71. The third kappa shape index (κ3) is 3.54. The maximum atomic E-state index is 6.31. The summed E-state index contributed by atoms with van der Waals surface area (Å²) in [7, 11) is 0. The van der Waals surface area contributed by atoms with E-state index in [1.807, 2.05) is 23.6 Å². The Morgan fingerprint density at radius 2 is 2.29 bits per heavy atom. The van der Waals surface area contributed by atoms with Crippen molar-refractivity contribution < 1.29 is 9.47 Å². The van der Waals surface area contributed by atoms with E-state index in [2.05, 4.69) is 35.0 Å². The van der Waals surface area contributed by atoms with Crippen LogP contribution in [0.15, 0.2) is 36.7 Å². The molecule has 2 aromatic heterocycles. The summed E-state index contributed by atoms with van der Waals surface area (Å²) >= 11 is 1.89. The van der Waals surface area contributed by atoms with Crippen LogP contribution in [-0.2, 0) is 22.6 Å². The summed E-state index contributed by atoms with van der Waals surface area (Å²) < 4.78 is 12.4. The average Bonchev–Trinajstić information content (AvgIpc) is 3.13. The van der Waals surface area contributed by atoms with Gasteiger partial charge in [0.05, 0.1) is 25.4 Å². The molecule has 3 heterocycles. The topological polar surface area (TPSA) is 34.6 Å². The lowest BCUT2D eigenvalue weighted by atomic mass is 10.1. The molecular weight excluding hydrogens is 320 g/mol. The number of fused-ring (bicyclic) bond motifs is 2. The third-order valence-corrected chi connectivity index (χ3v) is 5.98. The Kier molecular flexibility index (Phi) is 4.94. The van der Waals surface area contributed by atoms with Crippen LogP contribution < -0.4 is 0 Å². The first kappa shape index (κ1) is 16.2. The zero-order valence-electron chi connectivity index (χ0n) is 14.1. The van der Waals surface area contributed by atoms with Gasteiger partial charge < -0.3 is 9.47 Å². The Bertz CT molecular complexity index is 660. The van der Waals surface area contributed by atoms with Crippen LogP contribution in [0.25, 0.3) is 0 Å². The normalized spacial score (nSPS) is 27.3. The van der Waals surface area contributed by atoms with Gasteiger partial charge in [0.25, 0.3) is 0 Å². The molecule has 1 aliphatic carbocycles. The van der Waals surface area contributed by atoms with E-state index < -0.39 is 0 Å². The first-order chi connectivity index (χ1) is 11.8. The molecule has 2 aromatic rings. The second kappa shape index (κ2) is 7.31. The Morgan fingerprint density at radius 3 is 3.08 bits per heavy atom. The van der Waals surface area contributed by atoms with Crippen molar-refractivity contribution in [2.75, 3.05) is 13.2 Å². The van der Waals surface area contributed by atoms with E-state index in [0.29, 0.717) is 12.6 Å². The molecule has 4 rings (SSSR count). The van der Waals surface area contributed by atoms with Gasteiger partial charge in [-0.1, -0.05) is 6.07 Å². The molecule has 0 unspecified atom stereocenters. The molecule has 1 saturated heterocycles. The van der Waals surface area contributed by atoms with E-state index in [1.165, 1.54) is 9.75 Å². The SMILES string of the molecule is Cc1ccc(CN2CCO[C@H]3CC[C@H]2[C@@H]3OCc2cccnc2)s1. The van der Waals surface area contributed by atoms with Gasteiger partial charge in [-0.15, -0.1) is 11.3 Å². The third-order valence-electron chi connectivity index (χ3n) is 4.99. The Morgan fingerprint density at radius 1 is 1.33 bits per heavy atom. The van der Waals surface area contributed by atoms with E-state index in [9.17, 15) is 0 Å². The van der Waals surface area contributed by atoms with Crippen molar-refractivity contribution in [3.8, 4) is 0 Å². The molecule has 24 heavy (non-hydrogen) atoms. The molecule has 0 spiro atoms. The van der Waals surface area contributed by atoms with Crippen molar-refractivity contribution >= 4 is 11.3 Å². The van der Waals surface area contributed by atoms with Crippen LogP contribution >= 0.6 is 11.3 Å². The number of nitrogens with zero attached hydrogens (tertiary/aromatic N) is 2. The Labute approximate surface area is 147 Å². The molecule has 3 atom stereocenters. The van der Waals surface area contributed by atoms with Gasteiger partial charge in [0, 0.05) is 41.3 Å². The van der Waals surface area contributed by atoms with Crippen LogP contribution in [0.4, 0.5) is 0 Å². The number of ether oxygens (including phenoxy) is 2. The van der Waals surface area contributed by atoms with E-state index in [0.717, 1.165) is 38.1 Å². The number of aryl methyl sites for hydroxylation is 1. The maximum absolute atomic E-state index is 6.31. The van der Waals surface area contributed by atoms with Gasteiger partial charge in [-0.3, -0.25) is 9.88 Å². The summed E-state index contributed by atoms with van der Waals surface area (Å²) in [6.07, 6.45) is 6.34. The number of aromatic nitrogens is 1. The highest BCUT2D eigenvalue weighted by atomic mass is 32.1. The smallest absolute Gasteiger partial charge is 0.0995 e. The number of pyridine rings is 1. The molecule has 1 aliphatic heterocycles. The molecule has 1 saturated carbocycles. The molecule has 0 N–H and O–H groups in total. The van der Waals surface area contributed by atoms with Crippen LogP contribution in [-0.4, -0.2) is 41.3 Å². The summed E-state index contributed by atoms with van der Waals surface area (Å²) in [5.41, 5.74) is 1.13. The summed E-state index contributed by atoms with van der Waals surface area (Å²) in [6, 6.07) is 8.95. The van der Waals surface area contributed by atoms with Gasteiger partial charge in [0.15, 0.2) is 0 Å². The standard InChI is InChI=1S/C19H24N2O2S/c1-14-4-5-16(24-14)12-21-9-10-22-18-7-6-17(21)19(18)23-13-15-3-2-8-20-11-15/h2-5,8,11,17-19H,6-7,9-10,12-13H2,1H3/t17-,18-,19-/m0/s1. The summed E-state index contributed by atoms with van der Waals surface area (Å²) in [5, 5.41) is 0. The predicted octanol–water partition coefficient (Wildman–Crippen LogP) is 3.40. The fourth-order valence-electron chi connectivity index (χ4n) is 3.83. The molecule has 128 valence electrons. The zero-order chi connectivity index (χ0) is 16.4. The highest BCUT2D eigenvalue weighted by molar-refractivity contribution is 7.11. The summed E-state index contributed by atoms with van der Waals surface area (Å²) in [6.45, 7) is 5.58. The van der Waals surface area contributed by atoms with E-state index >= 15 is 0 Å². The number of thiophene rings is 1. The minimum Gasteiger partial charge on any atom is -0.374 e. The average molecular weight is 344 g/mol. The number of hydrogen-bond donors (Lipinski definition) is 0. The van der Waals surface area contributed by atoms with Gasteiger partial charge in [-0.25, -0.2) is 0 Å². The molecule has 4 nitrogen and oxygen atoms in total. The van der Waals surface area contributed by atoms with Crippen molar-refractivity contribution in [2.45, 2.75) is 51.2 Å². The maximum Gasteiger partial charge on any atom is 0.0995 e. The monoisotopic (exact) mass is 344 g/mol. The minimum atomic E-state index is 0.161. The van der Waals surface area contributed by atoms with E-state index in [4.69, 9.17) is 9.47 Å². The van der Waals surface area contributed by atoms with Gasteiger partial charge in [-0.05, 0) is 43.5 Å². The Hall–Kier alpha value is -1.27. The van der Waals surface area contributed by atoms with Crippen LogP contribution in [0.1, 0.15) is 28.2 Å². The molecule has 2 aliphatic rings. The van der Waals surface area contributed by atoms with Crippen LogP contribution in [0, 0.1) is 6.92 Å². The van der Waals surface area contributed by atoms with Crippen LogP contribution in [0.2, 0.25) is 0 Å². The van der Waals surface area contributed by atoms with E-state index in [1.54, 1.807) is 6.20 Å². The van der Waals surface area contributed by atoms with Gasteiger partial charge in [0.2, 0.25) is 0 Å². The second-order valence-corrected chi connectivity index (χ2v) is 8.05. The summed E-state index contributed by atoms with van der Waals surface area (Å²) in [5.74, 6) is 0. The van der Waals surface area contributed by atoms with Crippen molar-refractivity contribution in [3.63, 3.8) is 0 Å². The van der Waals surface area contributed by atoms with Crippen molar-refractivity contribution in [1.82, 2.24) is 9.88 Å². The molecule has 5 heteroatoms. The fourth-order valence-corrected chi connectivity index (χ4v) is 4.74. The lowest BCUT2D eigenvalue weighted by Crippen LogP contribution is -2.42. The van der Waals surface area contributed by atoms with Crippen LogP contribution in [0.5, 0.6) is 0 Å². The quantitative estimate of drug-likeness (QED) is 0.833. The number of hydrogen-bond acceptors (Lipinski definition) is 5. The second-order valence-electron chi connectivity index (χ2n) is 6.67. The largest absolute Gasteiger partial charge is 0.374 e. The fraction of sp³-hybridized carbons (Fsp3) is 0.526. The molecular formula is C19H24N2O2S. The van der Waals surface area contributed by atoms with Gasteiger partial charge >= 0.3 is 0 Å². The van der Waals surface area contributed by atoms with E-state index in [-0.39, 0.29) is 12.2 Å². The van der Waals surface area contributed by atoms with Crippen molar-refractivity contribution in [3.05, 3.63) is 52.0 Å². The van der Waals surface area contributed by atoms with Gasteiger partial charge in [-0.2, -0.15) is 0 Å². The lowest BCUT2D eigenvalue weighted by Gasteiger charge is -2.30. The highest BCUT2D eigenvalue weighted by Gasteiger charge is 2.43. The lowest BCUT2D eigenvalue weighted by molar-refractivity contribution is -0.0614. The molecule has 0 aromatic carbocycles. The predicted molar refractivity (Wildman–Crippen MR) is 95.0 cm³/mol. The molecule has 0 amide bonds. The Balaban J connectivity index is 1.45. The van der Waals surface area contributed by atoms with Crippen LogP contribution in [0.3, 0.4) is 0 Å². The molecule has 2 fully saturated rings. The minimum absolute atomic E-state index is 0.161. The molecule has 0 radical (unpaired) electrons. The van der Waals surface area contributed by atoms with Crippen molar-refractivity contribution in [2.24, 2.45) is 0 Å². The summed E-state index contributed by atoms with van der Waals surface area (Å²) in [4.78, 5) is 9.55. The number of rotatable bonds is 5. The molecule has 2 bridgehead atoms. The van der Waals surface area contributed by atoms with Crippen molar-refractivity contribution in [1.29, 1.82) is 0 Å². The van der Waals surface area contributed by atoms with Gasteiger partial charge in [0.1, 0.15) is 0 Å². The highest BCUT2D eigenvalue weighted by Crippen LogP contribution is 2.34. The first-order valence-corrected chi connectivity index (χ1v) is 9.53.